The molecule has 0 radical (unpaired) electrons. The molecule has 0 bridgehead atoms. The molecule has 118 valence electrons. The van der Waals surface area contributed by atoms with Crippen molar-refractivity contribution < 1.29 is 5.11 Å². The van der Waals surface area contributed by atoms with Gasteiger partial charge >= 0.3 is 0 Å². The molecule has 20 heavy (non-hydrogen) atoms. The highest BCUT2D eigenvalue weighted by atomic mass is 16.3. The molecule has 1 aliphatic heterocycles. The number of nitrogens with one attached hydrogen (secondary N) is 1. The third kappa shape index (κ3) is 5.01. The minimum atomic E-state index is 0.310. The summed E-state index contributed by atoms with van der Waals surface area (Å²) < 4.78 is 0. The summed E-state index contributed by atoms with van der Waals surface area (Å²) in [6, 6.07) is 1.50. The zero-order chi connectivity index (χ0) is 14.2. The Morgan fingerprint density at radius 1 is 1.15 bits per heavy atom. The van der Waals surface area contributed by atoms with E-state index in [2.05, 4.69) is 17.1 Å². The van der Waals surface area contributed by atoms with Crippen LogP contribution in [0.25, 0.3) is 0 Å². The fourth-order valence-electron chi connectivity index (χ4n) is 4.14. The van der Waals surface area contributed by atoms with Crippen LogP contribution in [0.5, 0.6) is 0 Å². The molecule has 2 N–H and O–H groups in total. The largest absolute Gasteiger partial charge is 0.396 e. The minimum absolute atomic E-state index is 0.310. The normalized spacial score (nSPS) is 29.7. The van der Waals surface area contributed by atoms with Gasteiger partial charge in [0.05, 0.1) is 0 Å². The lowest BCUT2D eigenvalue weighted by Crippen LogP contribution is -2.53. The number of hydrogen-bond acceptors (Lipinski definition) is 3. The SMILES string of the molecule is CCCC1CC(NCCCO)CN(C2CCCCC2)C1. The van der Waals surface area contributed by atoms with Gasteiger partial charge in [-0.15, -0.1) is 0 Å². The van der Waals surface area contributed by atoms with Gasteiger partial charge in [0.15, 0.2) is 0 Å². The maximum Gasteiger partial charge on any atom is 0.0443 e. The lowest BCUT2D eigenvalue weighted by atomic mass is 9.86. The Morgan fingerprint density at radius 3 is 2.65 bits per heavy atom. The molecule has 3 heteroatoms. The van der Waals surface area contributed by atoms with E-state index in [0.29, 0.717) is 12.6 Å². The van der Waals surface area contributed by atoms with Crippen LogP contribution in [0.1, 0.15) is 64.7 Å². The lowest BCUT2D eigenvalue weighted by Gasteiger charge is -2.43. The van der Waals surface area contributed by atoms with Gasteiger partial charge in [-0.1, -0.05) is 32.6 Å². The molecule has 1 aliphatic carbocycles. The quantitative estimate of drug-likeness (QED) is 0.705. The highest BCUT2D eigenvalue weighted by Crippen LogP contribution is 2.28. The smallest absolute Gasteiger partial charge is 0.0443 e. The monoisotopic (exact) mass is 282 g/mol. The number of piperidine rings is 1. The van der Waals surface area contributed by atoms with Crippen molar-refractivity contribution in [3.05, 3.63) is 0 Å². The van der Waals surface area contributed by atoms with Crippen LogP contribution < -0.4 is 5.32 Å². The van der Waals surface area contributed by atoms with Gasteiger partial charge in [0.25, 0.3) is 0 Å². The third-order valence-corrected chi connectivity index (χ3v) is 5.12. The van der Waals surface area contributed by atoms with Gasteiger partial charge in [0, 0.05) is 31.8 Å². The molecule has 0 amide bonds. The van der Waals surface area contributed by atoms with Crippen molar-refractivity contribution in [2.75, 3.05) is 26.2 Å². The average Bonchev–Trinajstić information content (AvgIpc) is 2.49. The topological polar surface area (TPSA) is 35.5 Å². The van der Waals surface area contributed by atoms with E-state index in [1.165, 1.54) is 64.5 Å². The molecule has 2 unspecified atom stereocenters. The molecule has 3 nitrogen and oxygen atoms in total. The first-order chi connectivity index (χ1) is 9.83. The van der Waals surface area contributed by atoms with Crippen molar-refractivity contribution in [3.63, 3.8) is 0 Å². The molecule has 1 saturated heterocycles. The zero-order valence-electron chi connectivity index (χ0n) is 13.3. The predicted octanol–water partition coefficient (Wildman–Crippen LogP) is 2.78. The van der Waals surface area contributed by atoms with Crippen molar-refractivity contribution in [2.24, 2.45) is 5.92 Å². The van der Waals surface area contributed by atoms with Crippen LogP contribution in [0, 0.1) is 5.92 Å². The fourth-order valence-corrected chi connectivity index (χ4v) is 4.14. The molecule has 1 heterocycles. The van der Waals surface area contributed by atoms with Crippen molar-refractivity contribution >= 4 is 0 Å². The van der Waals surface area contributed by atoms with Crippen molar-refractivity contribution in [1.82, 2.24) is 10.2 Å². The highest BCUT2D eigenvalue weighted by Gasteiger charge is 2.31. The summed E-state index contributed by atoms with van der Waals surface area (Å²) in [5.74, 6) is 0.877. The summed E-state index contributed by atoms with van der Waals surface area (Å²) >= 11 is 0. The van der Waals surface area contributed by atoms with E-state index >= 15 is 0 Å². The van der Waals surface area contributed by atoms with Crippen molar-refractivity contribution in [2.45, 2.75) is 76.8 Å². The first-order valence-electron chi connectivity index (χ1n) is 8.91. The van der Waals surface area contributed by atoms with Gasteiger partial charge in [0.2, 0.25) is 0 Å². The Hall–Kier alpha value is -0.120. The number of aliphatic hydroxyl groups is 1. The molecule has 0 aromatic heterocycles. The summed E-state index contributed by atoms with van der Waals surface area (Å²) in [6.45, 7) is 6.16. The Kier molecular flexibility index (Phi) is 7.32. The van der Waals surface area contributed by atoms with E-state index in [9.17, 15) is 0 Å². The molecule has 0 spiro atoms. The summed E-state index contributed by atoms with van der Waals surface area (Å²) in [7, 11) is 0. The molecule has 0 aromatic carbocycles. The van der Waals surface area contributed by atoms with Crippen LogP contribution >= 0.6 is 0 Å². The van der Waals surface area contributed by atoms with Crippen LogP contribution in [0.15, 0.2) is 0 Å². The first kappa shape index (κ1) is 16.3. The van der Waals surface area contributed by atoms with E-state index in [0.717, 1.165) is 24.9 Å². The summed E-state index contributed by atoms with van der Waals surface area (Å²) in [5.41, 5.74) is 0. The maximum absolute atomic E-state index is 8.94. The second-order valence-corrected chi connectivity index (χ2v) is 6.86. The van der Waals surface area contributed by atoms with E-state index < -0.39 is 0 Å². The van der Waals surface area contributed by atoms with Gasteiger partial charge in [-0.3, -0.25) is 4.90 Å². The Morgan fingerprint density at radius 2 is 1.95 bits per heavy atom. The number of nitrogens with zero attached hydrogens (tertiary/aromatic N) is 1. The van der Waals surface area contributed by atoms with Gasteiger partial charge < -0.3 is 10.4 Å². The molecule has 1 saturated carbocycles. The van der Waals surface area contributed by atoms with E-state index in [1.807, 2.05) is 0 Å². The predicted molar refractivity (Wildman–Crippen MR) is 85.0 cm³/mol. The summed E-state index contributed by atoms with van der Waals surface area (Å²) in [4.78, 5) is 2.79. The third-order valence-electron chi connectivity index (χ3n) is 5.12. The van der Waals surface area contributed by atoms with E-state index in [-0.39, 0.29) is 0 Å². The van der Waals surface area contributed by atoms with E-state index in [4.69, 9.17) is 5.11 Å². The van der Waals surface area contributed by atoms with Gasteiger partial charge in [0.1, 0.15) is 0 Å². The van der Waals surface area contributed by atoms with Gasteiger partial charge in [-0.25, -0.2) is 0 Å². The average molecular weight is 282 g/mol. The van der Waals surface area contributed by atoms with Crippen molar-refractivity contribution in [3.8, 4) is 0 Å². The first-order valence-corrected chi connectivity index (χ1v) is 8.91. The second kappa shape index (κ2) is 9.01. The zero-order valence-corrected chi connectivity index (χ0v) is 13.3. The summed E-state index contributed by atoms with van der Waals surface area (Å²) in [6.07, 6.45) is 12.1. The molecule has 2 atom stereocenters. The van der Waals surface area contributed by atoms with Crippen LogP contribution in [0.2, 0.25) is 0 Å². The fraction of sp³-hybridized carbons (Fsp3) is 1.00. The maximum atomic E-state index is 8.94. The molecule has 2 rings (SSSR count). The van der Waals surface area contributed by atoms with Crippen LogP contribution in [-0.2, 0) is 0 Å². The molecule has 0 aromatic rings. The van der Waals surface area contributed by atoms with Gasteiger partial charge in [-0.2, -0.15) is 0 Å². The molecular formula is C17H34N2O. The number of aliphatic hydroxyl groups excluding tert-OH is 1. The van der Waals surface area contributed by atoms with Crippen LogP contribution in [-0.4, -0.2) is 48.3 Å². The van der Waals surface area contributed by atoms with E-state index in [1.54, 1.807) is 0 Å². The second-order valence-electron chi connectivity index (χ2n) is 6.86. The minimum Gasteiger partial charge on any atom is -0.396 e. The van der Waals surface area contributed by atoms with Crippen molar-refractivity contribution in [1.29, 1.82) is 0 Å². The summed E-state index contributed by atoms with van der Waals surface area (Å²) in [5, 5.41) is 12.6. The number of likely N-dealkylation sites (tertiary alicyclic amines) is 1. The number of rotatable bonds is 7. The Balaban J connectivity index is 1.85. The molecular weight excluding hydrogens is 248 g/mol. The highest BCUT2D eigenvalue weighted by molar-refractivity contribution is 4.88. The van der Waals surface area contributed by atoms with Crippen LogP contribution in [0.4, 0.5) is 0 Å². The Bertz CT molecular complexity index is 253. The Labute approximate surface area is 125 Å². The van der Waals surface area contributed by atoms with Crippen LogP contribution in [0.3, 0.4) is 0 Å². The molecule has 2 aliphatic rings. The van der Waals surface area contributed by atoms with Gasteiger partial charge in [-0.05, 0) is 44.6 Å². The number of hydrogen-bond donors (Lipinski definition) is 2. The molecule has 2 fully saturated rings. The lowest BCUT2D eigenvalue weighted by molar-refractivity contribution is 0.0739. The standard InChI is InChI=1S/C17H34N2O/c1-2-7-15-12-16(18-10-6-11-20)14-19(13-15)17-8-4-3-5-9-17/h15-18,20H,2-14H2,1H3.